The van der Waals surface area contributed by atoms with E-state index in [1.165, 1.54) is 5.56 Å². The van der Waals surface area contributed by atoms with E-state index in [0.29, 0.717) is 5.75 Å². The van der Waals surface area contributed by atoms with Crippen molar-refractivity contribution in [3.05, 3.63) is 53.1 Å². The second-order valence-corrected chi connectivity index (χ2v) is 5.01. The van der Waals surface area contributed by atoms with Crippen LogP contribution < -0.4 is 0 Å². The van der Waals surface area contributed by atoms with Gasteiger partial charge in [0.25, 0.3) is 0 Å². The first-order valence-electron chi connectivity index (χ1n) is 6.42. The highest BCUT2D eigenvalue weighted by Gasteiger charge is 2.21. The molecule has 0 aliphatic heterocycles. The minimum atomic E-state index is 0.285. The molecule has 96 valence electrons. The summed E-state index contributed by atoms with van der Waals surface area (Å²) in [5, 5.41) is 19.6. The van der Waals surface area contributed by atoms with Crippen LogP contribution in [0.5, 0.6) is 11.5 Å². The van der Waals surface area contributed by atoms with Crippen molar-refractivity contribution in [1.29, 1.82) is 0 Å². The third-order valence-corrected chi connectivity index (χ3v) is 3.94. The molecule has 1 aliphatic carbocycles. The van der Waals surface area contributed by atoms with Gasteiger partial charge in [-0.05, 0) is 71.3 Å². The number of fused-ring (bicyclic) bond motifs is 3. The fourth-order valence-electron chi connectivity index (χ4n) is 2.96. The lowest BCUT2D eigenvalue weighted by atomic mass is 9.81. The molecule has 2 nitrogen and oxygen atoms in total. The smallest absolute Gasteiger partial charge is 0.118 e. The minimum Gasteiger partial charge on any atom is -0.508 e. The second-order valence-electron chi connectivity index (χ2n) is 5.01. The van der Waals surface area contributed by atoms with Crippen LogP contribution in [-0.2, 0) is 12.8 Å². The van der Waals surface area contributed by atoms with Crippen molar-refractivity contribution < 1.29 is 10.2 Å². The van der Waals surface area contributed by atoms with Crippen LogP contribution in [-0.4, -0.2) is 10.2 Å². The summed E-state index contributed by atoms with van der Waals surface area (Å²) in [6.45, 7) is 5.78. The Labute approximate surface area is 112 Å². The van der Waals surface area contributed by atoms with Gasteiger partial charge in [-0.3, -0.25) is 0 Å². The van der Waals surface area contributed by atoms with Gasteiger partial charge in [-0.2, -0.15) is 0 Å². The van der Waals surface area contributed by atoms with Gasteiger partial charge in [-0.1, -0.05) is 18.7 Å². The second kappa shape index (κ2) is 4.16. The van der Waals surface area contributed by atoms with Crippen molar-refractivity contribution in [2.75, 3.05) is 0 Å². The lowest BCUT2D eigenvalue weighted by molar-refractivity contribution is 0.469. The van der Waals surface area contributed by atoms with E-state index in [-0.39, 0.29) is 5.75 Å². The molecule has 0 aromatic heterocycles. The topological polar surface area (TPSA) is 40.5 Å². The van der Waals surface area contributed by atoms with Crippen LogP contribution in [0.1, 0.15) is 22.3 Å². The predicted molar refractivity (Wildman–Crippen MR) is 77.4 cm³/mol. The van der Waals surface area contributed by atoms with E-state index in [9.17, 15) is 10.2 Å². The molecule has 2 aromatic carbocycles. The largest absolute Gasteiger partial charge is 0.508 e. The van der Waals surface area contributed by atoms with Crippen LogP contribution in [0.15, 0.2) is 30.8 Å². The lowest BCUT2D eigenvalue weighted by Gasteiger charge is -2.24. The van der Waals surface area contributed by atoms with E-state index in [0.717, 1.165) is 40.7 Å². The molecule has 2 aromatic rings. The number of benzene rings is 2. The number of hydrogen-bond donors (Lipinski definition) is 2. The molecule has 0 bridgehead atoms. The maximum atomic E-state index is 9.83. The average molecular weight is 252 g/mol. The highest BCUT2D eigenvalue weighted by molar-refractivity contribution is 5.83. The van der Waals surface area contributed by atoms with Crippen molar-refractivity contribution in [2.24, 2.45) is 0 Å². The molecule has 0 amide bonds. The van der Waals surface area contributed by atoms with Crippen LogP contribution in [0.3, 0.4) is 0 Å². The zero-order chi connectivity index (χ0) is 13.6. The van der Waals surface area contributed by atoms with Gasteiger partial charge in [0.1, 0.15) is 11.5 Å². The number of hydrogen-bond acceptors (Lipinski definition) is 2. The molecule has 0 atom stereocenters. The predicted octanol–water partition coefficient (Wildman–Crippen LogP) is 3.81. The summed E-state index contributed by atoms with van der Waals surface area (Å²) >= 11 is 0. The van der Waals surface area contributed by atoms with E-state index < -0.39 is 0 Å². The summed E-state index contributed by atoms with van der Waals surface area (Å²) in [6, 6.07) is 7.26. The fraction of sp³-hybridized carbons (Fsp3) is 0.176. The van der Waals surface area contributed by atoms with Crippen LogP contribution >= 0.6 is 0 Å². The third-order valence-electron chi connectivity index (χ3n) is 3.94. The van der Waals surface area contributed by atoms with Gasteiger partial charge in [0, 0.05) is 0 Å². The molecule has 0 saturated heterocycles. The summed E-state index contributed by atoms with van der Waals surface area (Å²) in [5.74, 6) is 0.633. The summed E-state index contributed by atoms with van der Waals surface area (Å²) in [4.78, 5) is 0. The van der Waals surface area contributed by atoms with E-state index in [1.54, 1.807) is 18.2 Å². The minimum absolute atomic E-state index is 0.285. The van der Waals surface area contributed by atoms with Crippen LogP contribution in [0.4, 0.5) is 0 Å². The monoisotopic (exact) mass is 252 g/mol. The average Bonchev–Trinajstić information content (AvgIpc) is 2.41. The Morgan fingerprint density at radius 1 is 1.16 bits per heavy atom. The third kappa shape index (κ3) is 1.72. The number of rotatable bonds is 1. The summed E-state index contributed by atoms with van der Waals surface area (Å²) in [7, 11) is 0. The van der Waals surface area contributed by atoms with Crippen molar-refractivity contribution in [3.63, 3.8) is 0 Å². The van der Waals surface area contributed by atoms with Crippen LogP contribution in [0, 0.1) is 6.92 Å². The Morgan fingerprint density at radius 3 is 2.68 bits per heavy atom. The van der Waals surface area contributed by atoms with Crippen molar-refractivity contribution in [2.45, 2.75) is 19.8 Å². The Morgan fingerprint density at radius 2 is 1.95 bits per heavy atom. The van der Waals surface area contributed by atoms with Crippen molar-refractivity contribution in [3.8, 4) is 22.6 Å². The molecule has 19 heavy (non-hydrogen) atoms. The number of aryl methyl sites for hydroxylation is 1. The summed E-state index contributed by atoms with van der Waals surface area (Å²) < 4.78 is 0. The molecule has 0 spiro atoms. The molecule has 0 unspecified atom stereocenters. The molecule has 0 fully saturated rings. The van der Waals surface area contributed by atoms with Crippen molar-refractivity contribution >= 4 is 6.08 Å². The Balaban J connectivity index is 2.35. The Kier molecular flexibility index (Phi) is 2.59. The molecule has 1 aliphatic rings. The first-order chi connectivity index (χ1) is 9.11. The van der Waals surface area contributed by atoms with E-state index >= 15 is 0 Å². The highest BCUT2D eigenvalue weighted by Crippen LogP contribution is 2.41. The first kappa shape index (κ1) is 11.8. The first-order valence-corrected chi connectivity index (χ1v) is 6.42. The molecule has 0 radical (unpaired) electrons. The van der Waals surface area contributed by atoms with Gasteiger partial charge in [-0.25, -0.2) is 0 Å². The van der Waals surface area contributed by atoms with Gasteiger partial charge in [0.05, 0.1) is 0 Å². The molecule has 0 heterocycles. The highest BCUT2D eigenvalue weighted by atomic mass is 16.3. The summed E-state index contributed by atoms with van der Waals surface area (Å²) in [5.41, 5.74) is 6.52. The number of phenols is 2. The molecule has 2 heteroatoms. The fourth-order valence-corrected chi connectivity index (χ4v) is 2.96. The van der Waals surface area contributed by atoms with Gasteiger partial charge < -0.3 is 10.2 Å². The Bertz CT molecular complexity index is 684. The van der Waals surface area contributed by atoms with Crippen LogP contribution in [0.25, 0.3) is 17.2 Å². The van der Waals surface area contributed by atoms with Gasteiger partial charge >= 0.3 is 0 Å². The lowest BCUT2D eigenvalue weighted by Crippen LogP contribution is -2.07. The number of aromatic hydroxyl groups is 2. The van der Waals surface area contributed by atoms with Gasteiger partial charge in [0.15, 0.2) is 0 Å². The molecule has 0 saturated carbocycles. The summed E-state index contributed by atoms with van der Waals surface area (Å²) in [6.07, 6.45) is 3.54. The quantitative estimate of drug-likeness (QED) is 0.810. The standard InChI is InChI=1S/C17H16O2/c1-3-11-8-13(18)9-12-4-5-14-10(2)16(19)7-6-15(14)17(11)12/h3,6-9,18-19H,1,4-5H2,2H3. The SMILES string of the molecule is C=Cc1cc(O)cc2c1-c1ccc(O)c(C)c1CC2. The van der Waals surface area contributed by atoms with E-state index in [2.05, 4.69) is 6.58 Å². The number of phenolic OH excluding ortho intramolecular Hbond substituents is 2. The van der Waals surface area contributed by atoms with E-state index in [4.69, 9.17) is 0 Å². The van der Waals surface area contributed by atoms with Crippen LogP contribution in [0.2, 0.25) is 0 Å². The van der Waals surface area contributed by atoms with Gasteiger partial charge in [-0.15, -0.1) is 0 Å². The van der Waals surface area contributed by atoms with E-state index in [1.807, 2.05) is 19.1 Å². The Hall–Kier alpha value is -2.22. The van der Waals surface area contributed by atoms with Gasteiger partial charge in [0.2, 0.25) is 0 Å². The maximum absolute atomic E-state index is 9.83. The normalized spacial score (nSPS) is 12.7. The molecular weight excluding hydrogens is 236 g/mol. The maximum Gasteiger partial charge on any atom is 0.118 e. The zero-order valence-corrected chi connectivity index (χ0v) is 10.9. The van der Waals surface area contributed by atoms with Crippen molar-refractivity contribution in [1.82, 2.24) is 0 Å². The molecule has 2 N–H and O–H groups in total. The molecule has 3 rings (SSSR count). The molecular formula is C17H16O2. The zero-order valence-electron chi connectivity index (χ0n) is 10.9.